The highest BCUT2D eigenvalue weighted by molar-refractivity contribution is 5.98. The normalized spacial score (nSPS) is 14.4. The molecule has 0 rings (SSSR count). The second-order valence-corrected chi connectivity index (χ2v) is 18.3. The van der Waals surface area contributed by atoms with Gasteiger partial charge >= 0.3 is 5.97 Å². The van der Waals surface area contributed by atoms with Crippen molar-refractivity contribution in [1.82, 2.24) is 42.5 Å². The highest BCUT2D eigenvalue weighted by atomic mass is 16.4. The summed E-state index contributed by atoms with van der Waals surface area (Å²) in [6.45, 7) is 2.98. The molecule has 0 aliphatic rings. The summed E-state index contributed by atoms with van der Waals surface area (Å²) >= 11 is 0. The Kier molecular flexibility index (Phi) is 39.3. The molecule has 0 aliphatic heterocycles. The van der Waals surface area contributed by atoms with E-state index < -0.39 is 108 Å². The van der Waals surface area contributed by atoms with Crippen LogP contribution < -0.4 is 88.4 Å². The molecule has 0 saturated heterocycles. The molecule has 0 fully saturated rings. The van der Waals surface area contributed by atoms with E-state index in [1.165, 1.54) is 6.92 Å². The molecule has 422 valence electrons. The van der Waals surface area contributed by atoms with Crippen LogP contribution in [0.3, 0.4) is 0 Å². The van der Waals surface area contributed by atoms with Gasteiger partial charge in [-0.15, -0.1) is 0 Å². The lowest BCUT2D eigenvalue weighted by Gasteiger charge is -2.28. The number of hydrogen-bond acceptors (Lipinski definition) is 17. The van der Waals surface area contributed by atoms with Gasteiger partial charge in [-0.05, 0) is 181 Å². The predicted molar refractivity (Wildman–Crippen MR) is 278 cm³/mol. The Hall–Kier alpha value is -5.09. The van der Waals surface area contributed by atoms with Crippen molar-refractivity contribution >= 4 is 53.2 Å². The van der Waals surface area contributed by atoms with Crippen LogP contribution >= 0.6 is 0 Å². The van der Waals surface area contributed by atoms with E-state index in [0.717, 1.165) is 0 Å². The minimum Gasteiger partial charge on any atom is -0.480 e. The lowest BCUT2D eigenvalue weighted by atomic mass is 10.0. The average Bonchev–Trinajstić information content (AvgIpc) is 3.35. The zero-order chi connectivity index (χ0) is 55.0. The van der Waals surface area contributed by atoms with Crippen LogP contribution in [-0.4, -0.2) is 159 Å². The summed E-state index contributed by atoms with van der Waals surface area (Å²) in [7, 11) is 0. The van der Waals surface area contributed by atoms with Crippen LogP contribution in [0.2, 0.25) is 0 Å². The average molecular weight is 1040 g/mol. The molecule has 8 atom stereocenters. The van der Waals surface area contributed by atoms with E-state index in [1.54, 1.807) is 0 Å². The summed E-state index contributed by atoms with van der Waals surface area (Å²) in [4.78, 5) is 121. The van der Waals surface area contributed by atoms with Crippen LogP contribution in [0.5, 0.6) is 0 Å². The van der Waals surface area contributed by atoms with Gasteiger partial charge in [0.2, 0.25) is 47.3 Å². The molecule has 0 spiro atoms. The zero-order valence-electron chi connectivity index (χ0n) is 43.4. The number of aliphatic carboxylic acids is 1. The number of amides is 8. The topological polar surface area (TPSA) is 478 Å². The smallest absolute Gasteiger partial charge is 0.322 e. The first-order valence-electron chi connectivity index (χ1n) is 26.2. The third kappa shape index (κ3) is 31.3. The van der Waals surface area contributed by atoms with Crippen LogP contribution in [0.25, 0.3) is 0 Å². The van der Waals surface area contributed by atoms with Crippen molar-refractivity contribution in [3.8, 4) is 0 Å². The van der Waals surface area contributed by atoms with Gasteiger partial charge in [-0.2, -0.15) is 0 Å². The number of unbranched alkanes of at least 4 members (excludes halogenated alkanes) is 7. The zero-order valence-corrected chi connectivity index (χ0v) is 43.4. The van der Waals surface area contributed by atoms with E-state index in [1.807, 2.05) is 0 Å². The first kappa shape index (κ1) is 67.9. The fourth-order valence-electron chi connectivity index (χ4n) is 7.55. The fourth-order valence-corrected chi connectivity index (χ4v) is 7.55. The Morgan fingerprint density at radius 3 is 0.781 bits per heavy atom. The third-order valence-electron chi connectivity index (χ3n) is 12.0. The van der Waals surface area contributed by atoms with Gasteiger partial charge in [0.05, 0.1) is 6.04 Å². The maximum Gasteiger partial charge on any atom is 0.322 e. The molecule has 0 aliphatic carbocycles. The minimum atomic E-state index is -1.28. The molecule has 0 radical (unpaired) electrons. The maximum absolute atomic E-state index is 14.3. The van der Waals surface area contributed by atoms with Gasteiger partial charge in [0.15, 0.2) is 0 Å². The van der Waals surface area contributed by atoms with Crippen LogP contribution in [0, 0.1) is 0 Å². The molecule has 0 unspecified atom stereocenters. The summed E-state index contributed by atoms with van der Waals surface area (Å²) < 4.78 is 0. The molecule has 0 saturated carbocycles. The number of carbonyl (C=O) groups excluding carboxylic acids is 8. The number of carbonyl (C=O) groups is 9. The Morgan fingerprint density at radius 1 is 0.329 bits per heavy atom. The molecule has 8 amide bonds. The van der Waals surface area contributed by atoms with E-state index in [-0.39, 0.29) is 51.6 Å². The van der Waals surface area contributed by atoms with Crippen molar-refractivity contribution in [1.29, 1.82) is 0 Å². The van der Waals surface area contributed by atoms with Crippen molar-refractivity contribution in [2.24, 2.45) is 45.9 Å². The SMILES string of the molecule is C[C@H](NC(=O)[C@H](CCCCN)NC(=O)[C@H](CCCCN)NC(=O)[C@H](CCCCN)NC(=O)[C@H](CCCCN)NC(=O)[C@H](CCCCN)NC(=O)[C@H](CCCCN)NC(=O)[C@@H](N)CCCCN)C(=O)NCC(=O)O. The van der Waals surface area contributed by atoms with Gasteiger partial charge < -0.3 is 93.5 Å². The summed E-state index contributed by atoms with van der Waals surface area (Å²) in [6, 6.07) is -9.10. The van der Waals surface area contributed by atoms with E-state index in [0.29, 0.717) is 129 Å². The first-order chi connectivity index (χ1) is 34.9. The van der Waals surface area contributed by atoms with Gasteiger partial charge in [-0.3, -0.25) is 43.2 Å². The number of nitrogens with one attached hydrogen (secondary N) is 8. The molecule has 25 N–H and O–H groups in total. The molecule has 73 heavy (non-hydrogen) atoms. The second kappa shape index (κ2) is 42.3. The van der Waals surface area contributed by atoms with Crippen LogP contribution in [0.4, 0.5) is 0 Å². The van der Waals surface area contributed by atoms with Crippen molar-refractivity contribution < 1.29 is 48.3 Å². The highest BCUT2D eigenvalue weighted by Crippen LogP contribution is 2.12. The standard InChI is InChI=1S/C47H94N16O10/c1-31(40(66)56-30-39(64)65)57-42(68)33(17-3-10-24-49)59-44(70)35(19-5-12-26-51)61-46(72)37(21-7-14-28-53)63-47(73)38(22-8-15-29-54)62-45(71)36(20-6-13-27-52)60-43(69)34(18-4-11-25-50)58-41(67)32(55)16-2-9-23-48/h31-38H,2-30,48-55H2,1H3,(H,56,66)(H,57,68)(H,58,67)(H,59,70)(H,60,69)(H,61,72)(H,62,71)(H,63,73)(H,64,65)/t31-,32-,33-,34-,35-,36-,37-,38-/m0/s1. The van der Waals surface area contributed by atoms with Gasteiger partial charge in [0.1, 0.15) is 48.8 Å². The summed E-state index contributed by atoms with van der Waals surface area (Å²) in [5.41, 5.74) is 46.2. The molecule has 26 heteroatoms. The van der Waals surface area contributed by atoms with Gasteiger partial charge in [-0.1, -0.05) is 6.42 Å². The Bertz CT molecular complexity index is 1630. The summed E-state index contributed by atoms with van der Waals surface area (Å²) in [5.74, 6) is -6.79. The summed E-state index contributed by atoms with van der Waals surface area (Å²) in [6.07, 6.45) is 8.03. The molecule has 0 heterocycles. The minimum absolute atomic E-state index is 0.0903. The van der Waals surface area contributed by atoms with Crippen LogP contribution in [0.1, 0.15) is 142 Å². The number of carboxylic acids is 1. The van der Waals surface area contributed by atoms with Crippen molar-refractivity contribution in [3.63, 3.8) is 0 Å². The monoisotopic (exact) mass is 1040 g/mol. The van der Waals surface area contributed by atoms with Crippen molar-refractivity contribution in [2.45, 2.75) is 190 Å². The van der Waals surface area contributed by atoms with Crippen molar-refractivity contribution in [2.75, 3.05) is 52.4 Å². The molecule has 0 aromatic heterocycles. The quantitative estimate of drug-likeness (QED) is 0.0257. The molecular weight excluding hydrogens is 949 g/mol. The van der Waals surface area contributed by atoms with Crippen LogP contribution in [0.15, 0.2) is 0 Å². The first-order valence-corrected chi connectivity index (χ1v) is 26.2. The lowest BCUT2D eigenvalue weighted by molar-refractivity contribution is -0.138. The number of nitrogens with two attached hydrogens (primary N) is 8. The summed E-state index contributed by atoms with van der Waals surface area (Å²) in [5, 5.41) is 30.1. The molecular formula is C47H94N16O10. The fraction of sp³-hybridized carbons (Fsp3) is 0.809. The predicted octanol–water partition coefficient (Wildman–Crippen LogP) is -4.17. The van der Waals surface area contributed by atoms with E-state index in [9.17, 15) is 43.2 Å². The van der Waals surface area contributed by atoms with Crippen LogP contribution in [-0.2, 0) is 43.2 Å². The Balaban J connectivity index is 6.71. The van der Waals surface area contributed by atoms with Gasteiger partial charge in [0, 0.05) is 0 Å². The van der Waals surface area contributed by atoms with E-state index in [4.69, 9.17) is 51.0 Å². The highest BCUT2D eigenvalue weighted by Gasteiger charge is 2.34. The number of hydrogen-bond donors (Lipinski definition) is 17. The van der Waals surface area contributed by atoms with E-state index >= 15 is 0 Å². The third-order valence-corrected chi connectivity index (χ3v) is 12.0. The Morgan fingerprint density at radius 2 is 0.548 bits per heavy atom. The molecule has 0 aromatic carbocycles. The number of rotatable bonds is 45. The largest absolute Gasteiger partial charge is 0.480 e. The van der Waals surface area contributed by atoms with E-state index in [2.05, 4.69) is 42.5 Å². The van der Waals surface area contributed by atoms with Crippen molar-refractivity contribution in [3.05, 3.63) is 0 Å². The lowest BCUT2D eigenvalue weighted by Crippen LogP contribution is -2.60. The maximum atomic E-state index is 14.3. The van der Waals surface area contributed by atoms with Gasteiger partial charge in [-0.25, -0.2) is 0 Å². The molecule has 0 aromatic rings. The number of carboxylic acid groups (broad SMARTS) is 1. The van der Waals surface area contributed by atoms with Gasteiger partial charge in [0.25, 0.3) is 0 Å². The Labute approximate surface area is 431 Å². The molecule has 0 bridgehead atoms. The second-order valence-electron chi connectivity index (χ2n) is 18.3. The molecule has 26 nitrogen and oxygen atoms in total.